The van der Waals surface area contributed by atoms with Gasteiger partial charge in [-0.15, -0.1) is 0 Å². The van der Waals surface area contributed by atoms with Crippen LogP contribution in [-0.2, 0) is 16.6 Å². The zero-order chi connectivity index (χ0) is 14.0. The number of nitrogens with one attached hydrogen (secondary N) is 1. The molecule has 19 heavy (non-hydrogen) atoms. The van der Waals surface area contributed by atoms with Crippen molar-refractivity contribution >= 4 is 33.0 Å². The molecule has 102 valence electrons. The molecular formula is C11H13ClN4O2S. The number of nitrogen functional groups attached to an aromatic ring is 1. The molecule has 1 aromatic heterocycles. The Morgan fingerprint density at radius 3 is 2.79 bits per heavy atom. The van der Waals surface area contributed by atoms with Gasteiger partial charge in [0.1, 0.15) is 0 Å². The van der Waals surface area contributed by atoms with Gasteiger partial charge in [-0.25, -0.2) is 4.98 Å². The summed E-state index contributed by atoms with van der Waals surface area (Å²) >= 11 is 5.77. The second-order valence-corrected chi connectivity index (χ2v) is 5.92. The van der Waals surface area contributed by atoms with Crippen LogP contribution in [0.4, 0.5) is 11.4 Å². The molecule has 0 bridgehead atoms. The lowest BCUT2D eigenvalue weighted by Crippen LogP contribution is -2.13. The Morgan fingerprint density at radius 1 is 1.47 bits per heavy atom. The van der Waals surface area contributed by atoms with E-state index in [-0.39, 0.29) is 5.03 Å². The Hall–Kier alpha value is -1.73. The summed E-state index contributed by atoms with van der Waals surface area (Å²) in [5.41, 5.74) is 6.26. The number of sulfonamides is 1. The molecule has 0 aliphatic heterocycles. The van der Waals surface area contributed by atoms with Crippen LogP contribution < -0.4 is 10.5 Å². The van der Waals surface area contributed by atoms with E-state index in [4.69, 9.17) is 17.3 Å². The molecule has 8 heteroatoms. The van der Waals surface area contributed by atoms with E-state index in [1.165, 1.54) is 30.7 Å². The largest absolute Gasteiger partial charge is 0.397 e. The molecule has 0 amide bonds. The van der Waals surface area contributed by atoms with Gasteiger partial charge in [0.25, 0.3) is 10.0 Å². The van der Waals surface area contributed by atoms with Crippen LogP contribution in [0, 0.1) is 0 Å². The predicted molar refractivity (Wildman–Crippen MR) is 74.6 cm³/mol. The molecule has 2 rings (SSSR count). The van der Waals surface area contributed by atoms with Gasteiger partial charge in [0, 0.05) is 12.7 Å². The third-order valence-corrected chi connectivity index (χ3v) is 4.11. The average Bonchev–Trinajstić information content (AvgIpc) is 2.83. The normalized spacial score (nSPS) is 11.5. The van der Waals surface area contributed by atoms with Gasteiger partial charge in [-0.3, -0.25) is 4.72 Å². The monoisotopic (exact) mass is 300 g/mol. The lowest BCUT2D eigenvalue weighted by molar-refractivity contribution is 0.598. The van der Waals surface area contributed by atoms with Gasteiger partial charge in [-0.1, -0.05) is 11.6 Å². The van der Waals surface area contributed by atoms with Crippen LogP contribution in [0.25, 0.3) is 0 Å². The van der Waals surface area contributed by atoms with Crippen LogP contribution in [0.1, 0.15) is 6.92 Å². The zero-order valence-electron chi connectivity index (χ0n) is 10.2. The standard InChI is InChI=1S/C11H13ClN4O2S/c1-2-16-6-11(14-7-16)19(17,18)15-8-3-4-9(12)10(13)5-8/h3-7,15H,2,13H2,1H3. The molecule has 0 atom stereocenters. The number of hydrogen-bond donors (Lipinski definition) is 2. The summed E-state index contributed by atoms with van der Waals surface area (Å²) in [5.74, 6) is 0. The van der Waals surface area contributed by atoms with Crippen molar-refractivity contribution in [1.29, 1.82) is 0 Å². The molecular weight excluding hydrogens is 288 g/mol. The number of nitrogens with two attached hydrogens (primary N) is 1. The summed E-state index contributed by atoms with van der Waals surface area (Å²) < 4.78 is 28.2. The van der Waals surface area contributed by atoms with Crippen molar-refractivity contribution in [2.45, 2.75) is 18.5 Å². The molecule has 1 aromatic carbocycles. The first-order chi connectivity index (χ1) is 8.92. The van der Waals surface area contributed by atoms with E-state index < -0.39 is 10.0 Å². The Bertz CT molecular complexity index is 696. The van der Waals surface area contributed by atoms with Crippen molar-refractivity contribution in [3.05, 3.63) is 35.7 Å². The minimum Gasteiger partial charge on any atom is -0.397 e. The fourth-order valence-electron chi connectivity index (χ4n) is 1.47. The molecule has 0 fully saturated rings. The third kappa shape index (κ3) is 2.99. The molecule has 1 heterocycles. The summed E-state index contributed by atoms with van der Waals surface area (Å²) in [4.78, 5) is 3.85. The third-order valence-electron chi connectivity index (χ3n) is 2.50. The van der Waals surface area contributed by atoms with E-state index in [1.54, 1.807) is 4.57 Å². The molecule has 0 aliphatic carbocycles. The molecule has 0 saturated carbocycles. The maximum atomic E-state index is 12.1. The highest BCUT2D eigenvalue weighted by Crippen LogP contribution is 2.23. The number of benzene rings is 1. The summed E-state index contributed by atoms with van der Waals surface area (Å²) in [6, 6.07) is 4.52. The molecule has 6 nitrogen and oxygen atoms in total. The number of aromatic nitrogens is 2. The molecule has 3 N–H and O–H groups in total. The number of nitrogens with zero attached hydrogens (tertiary/aromatic N) is 2. The van der Waals surface area contributed by atoms with E-state index in [2.05, 4.69) is 9.71 Å². The summed E-state index contributed by atoms with van der Waals surface area (Å²) in [5, 5.41) is 0.334. The first-order valence-electron chi connectivity index (χ1n) is 5.52. The number of aryl methyl sites for hydroxylation is 1. The van der Waals surface area contributed by atoms with E-state index in [0.717, 1.165) is 0 Å². The minimum absolute atomic E-state index is 0.0390. The Labute approximate surface area is 116 Å². The lowest BCUT2D eigenvalue weighted by Gasteiger charge is -2.07. The fourth-order valence-corrected chi connectivity index (χ4v) is 2.59. The molecule has 0 unspecified atom stereocenters. The van der Waals surface area contributed by atoms with Crippen LogP contribution in [0.15, 0.2) is 35.7 Å². The maximum Gasteiger partial charge on any atom is 0.280 e. The first-order valence-corrected chi connectivity index (χ1v) is 7.38. The molecule has 0 spiro atoms. The topological polar surface area (TPSA) is 90.0 Å². The summed E-state index contributed by atoms with van der Waals surface area (Å²) in [7, 11) is -3.71. The molecule has 0 aliphatic rings. The smallest absolute Gasteiger partial charge is 0.280 e. The quantitative estimate of drug-likeness (QED) is 0.844. The molecule has 2 aromatic rings. The second kappa shape index (κ2) is 5.10. The van der Waals surface area contributed by atoms with Crippen molar-refractivity contribution in [2.75, 3.05) is 10.5 Å². The van der Waals surface area contributed by atoms with Gasteiger partial charge in [0.2, 0.25) is 0 Å². The highest BCUT2D eigenvalue weighted by Gasteiger charge is 2.17. The number of imidazole rings is 1. The number of hydrogen-bond acceptors (Lipinski definition) is 4. The van der Waals surface area contributed by atoms with Crippen molar-refractivity contribution in [1.82, 2.24) is 9.55 Å². The van der Waals surface area contributed by atoms with Crippen molar-refractivity contribution in [3.8, 4) is 0 Å². The van der Waals surface area contributed by atoms with Crippen LogP contribution >= 0.6 is 11.6 Å². The Morgan fingerprint density at radius 2 is 2.21 bits per heavy atom. The van der Waals surface area contributed by atoms with E-state index in [1.807, 2.05) is 6.92 Å². The van der Waals surface area contributed by atoms with E-state index in [0.29, 0.717) is 22.9 Å². The van der Waals surface area contributed by atoms with E-state index in [9.17, 15) is 8.42 Å². The highest BCUT2D eigenvalue weighted by molar-refractivity contribution is 7.92. The second-order valence-electron chi connectivity index (χ2n) is 3.88. The van der Waals surface area contributed by atoms with E-state index >= 15 is 0 Å². The van der Waals surface area contributed by atoms with Gasteiger partial charge in [-0.2, -0.15) is 8.42 Å². The first kappa shape index (κ1) is 13.7. The Kier molecular flexibility index (Phi) is 3.68. The van der Waals surface area contributed by atoms with Gasteiger partial charge in [-0.05, 0) is 25.1 Å². The van der Waals surface area contributed by atoms with Crippen molar-refractivity contribution < 1.29 is 8.42 Å². The summed E-state index contributed by atoms with van der Waals surface area (Å²) in [6.45, 7) is 2.54. The average molecular weight is 301 g/mol. The van der Waals surface area contributed by atoms with Crippen molar-refractivity contribution in [2.24, 2.45) is 0 Å². The van der Waals surface area contributed by atoms with Crippen LogP contribution in [0.3, 0.4) is 0 Å². The van der Waals surface area contributed by atoms with Crippen LogP contribution in [-0.4, -0.2) is 18.0 Å². The van der Waals surface area contributed by atoms with Gasteiger partial charge < -0.3 is 10.3 Å². The van der Waals surface area contributed by atoms with Crippen LogP contribution in [0.5, 0.6) is 0 Å². The number of rotatable bonds is 4. The fraction of sp³-hybridized carbons (Fsp3) is 0.182. The SMILES string of the molecule is CCn1cnc(S(=O)(=O)Nc2ccc(Cl)c(N)c2)c1. The molecule has 0 radical (unpaired) electrons. The number of anilines is 2. The van der Waals surface area contributed by atoms with Gasteiger partial charge >= 0.3 is 0 Å². The van der Waals surface area contributed by atoms with Gasteiger partial charge in [0.15, 0.2) is 5.03 Å². The lowest BCUT2D eigenvalue weighted by atomic mass is 10.3. The predicted octanol–water partition coefficient (Wildman–Crippen LogP) is 1.94. The van der Waals surface area contributed by atoms with Gasteiger partial charge in [0.05, 0.1) is 22.7 Å². The highest BCUT2D eigenvalue weighted by atomic mass is 35.5. The maximum absolute atomic E-state index is 12.1. The molecule has 0 saturated heterocycles. The number of halogens is 1. The summed E-state index contributed by atoms with van der Waals surface area (Å²) in [6.07, 6.45) is 2.92. The van der Waals surface area contributed by atoms with Crippen molar-refractivity contribution in [3.63, 3.8) is 0 Å². The zero-order valence-corrected chi connectivity index (χ0v) is 11.7. The minimum atomic E-state index is -3.71. The van der Waals surface area contributed by atoms with Crippen LogP contribution in [0.2, 0.25) is 5.02 Å². The Balaban J connectivity index is 2.28.